The highest BCUT2D eigenvalue weighted by Crippen LogP contribution is 2.32. The smallest absolute Gasteiger partial charge is 0.359 e. The summed E-state index contributed by atoms with van der Waals surface area (Å²) in [5.74, 6) is -0.0483. The van der Waals surface area contributed by atoms with Crippen LogP contribution in [-0.2, 0) is 17.4 Å². The normalized spacial score (nSPS) is 12.3. The Morgan fingerprint density at radius 3 is 2.58 bits per heavy atom. The molecule has 0 saturated heterocycles. The van der Waals surface area contributed by atoms with E-state index in [1.807, 2.05) is 26.0 Å². The maximum atomic E-state index is 13.0. The van der Waals surface area contributed by atoms with Gasteiger partial charge in [0.15, 0.2) is 0 Å². The lowest BCUT2D eigenvalue weighted by atomic mass is 10.0. The molecule has 7 heteroatoms. The minimum absolute atomic E-state index is 0.181. The van der Waals surface area contributed by atoms with Crippen molar-refractivity contribution in [2.75, 3.05) is 0 Å². The largest absolute Gasteiger partial charge is 0.416 e. The first-order valence-corrected chi connectivity index (χ1v) is 11.5. The fourth-order valence-corrected chi connectivity index (χ4v) is 3.37. The van der Waals surface area contributed by atoms with Crippen LogP contribution in [0.1, 0.15) is 70.4 Å². The molecule has 1 N–H and O–H groups in total. The Kier molecular flexibility index (Phi) is 10.4. The number of amides is 1. The molecule has 0 unspecified atom stereocenters. The predicted octanol–water partition coefficient (Wildman–Crippen LogP) is 7.34. The van der Waals surface area contributed by atoms with Gasteiger partial charge in [0.25, 0.3) is 5.91 Å². The summed E-state index contributed by atoms with van der Waals surface area (Å²) in [7, 11) is 0. The fraction of sp³-hybridized carbons (Fsp3) is 0.462. The van der Waals surface area contributed by atoms with Gasteiger partial charge in [0.1, 0.15) is 0 Å². The number of hydrogen-bond acceptors (Lipinski definition) is 3. The molecular formula is C26H33F3N2O2. The van der Waals surface area contributed by atoms with Crippen LogP contribution in [0.4, 0.5) is 13.2 Å². The Morgan fingerprint density at radius 1 is 1.12 bits per heavy atom. The average molecular weight is 463 g/mol. The van der Waals surface area contributed by atoms with Gasteiger partial charge < -0.3 is 4.84 Å². The number of carbonyl (C=O) groups is 1. The molecule has 1 aromatic heterocycles. The number of hydroxylamine groups is 1. The minimum atomic E-state index is -4.43. The van der Waals surface area contributed by atoms with Gasteiger partial charge in [0, 0.05) is 17.0 Å². The van der Waals surface area contributed by atoms with Crippen LogP contribution >= 0.6 is 0 Å². The monoisotopic (exact) mass is 462 g/mol. The lowest BCUT2D eigenvalue weighted by Crippen LogP contribution is -2.26. The van der Waals surface area contributed by atoms with Crippen LogP contribution in [0.15, 0.2) is 48.6 Å². The number of nitrogens with one attached hydrogen (secondary N) is 1. The predicted molar refractivity (Wildman–Crippen MR) is 126 cm³/mol. The number of alkyl halides is 3. The van der Waals surface area contributed by atoms with Crippen molar-refractivity contribution < 1.29 is 22.8 Å². The van der Waals surface area contributed by atoms with Crippen LogP contribution < -0.4 is 10.3 Å². The number of unbranched alkanes of at least 4 members (excludes halogenated alkanes) is 5. The van der Waals surface area contributed by atoms with Crippen LogP contribution in [0.5, 0.6) is 5.88 Å². The number of rotatable bonds is 12. The van der Waals surface area contributed by atoms with Gasteiger partial charge in [-0.25, -0.2) is 4.98 Å². The van der Waals surface area contributed by atoms with Crippen molar-refractivity contribution in [3.63, 3.8) is 0 Å². The van der Waals surface area contributed by atoms with Crippen molar-refractivity contribution in [2.45, 2.75) is 71.9 Å². The first-order chi connectivity index (χ1) is 15.7. The van der Waals surface area contributed by atoms with E-state index in [0.717, 1.165) is 25.0 Å². The third-order valence-corrected chi connectivity index (χ3v) is 5.03. The van der Waals surface area contributed by atoms with E-state index in [2.05, 4.69) is 17.4 Å². The zero-order valence-electron chi connectivity index (χ0n) is 19.5. The molecule has 0 aliphatic heterocycles. The Labute approximate surface area is 193 Å². The number of fused-ring (bicyclic) bond motifs is 1. The van der Waals surface area contributed by atoms with Gasteiger partial charge in [-0.15, -0.1) is 0 Å². The van der Waals surface area contributed by atoms with E-state index in [-0.39, 0.29) is 11.8 Å². The molecule has 1 amide bonds. The van der Waals surface area contributed by atoms with E-state index >= 15 is 0 Å². The summed E-state index contributed by atoms with van der Waals surface area (Å²) in [4.78, 5) is 21.8. The van der Waals surface area contributed by atoms with Crippen LogP contribution in [-0.4, -0.2) is 10.9 Å². The number of pyridine rings is 1. The molecule has 0 aliphatic carbocycles. The number of benzene rings is 1. The van der Waals surface area contributed by atoms with E-state index in [9.17, 15) is 18.0 Å². The second kappa shape index (κ2) is 13.0. The Hall–Kier alpha value is -2.83. The third kappa shape index (κ3) is 9.28. The second-order valence-corrected chi connectivity index (χ2v) is 8.51. The zero-order chi connectivity index (χ0) is 24.3. The molecule has 1 aromatic carbocycles. The SMILES string of the molecule is CCCCCCC/C=C/C=C/C(=O)NOc1nc2ccc(C(F)(F)F)cc2cc1CC(C)C. The van der Waals surface area contributed by atoms with Crippen molar-refractivity contribution >= 4 is 16.8 Å². The van der Waals surface area contributed by atoms with Gasteiger partial charge in [-0.2, -0.15) is 18.7 Å². The lowest BCUT2D eigenvalue weighted by Gasteiger charge is -2.14. The standard InChI is InChI=1S/C26H33F3N2O2/c1-4-5-6-7-8-9-10-11-12-13-24(32)31-33-25-21(16-19(2)3)17-20-18-22(26(27,28)29)14-15-23(20)30-25/h10-15,17-19H,4-9,16H2,1-3H3,(H,31,32)/b11-10+,13-12+. The fourth-order valence-electron chi connectivity index (χ4n) is 3.37. The van der Waals surface area contributed by atoms with Gasteiger partial charge >= 0.3 is 6.18 Å². The highest BCUT2D eigenvalue weighted by molar-refractivity contribution is 5.87. The van der Waals surface area contributed by atoms with Gasteiger partial charge in [0.2, 0.25) is 5.88 Å². The summed E-state index contributed by atoms with van der Waals surface area (Å²) in [6.07, 6.45) is 10.0. The summed E-state index contributed by atoms with van der Waals surface area (Å²) in [6, 6.07) is 5.00. The molecule has 2 rings (SSSR count). The number of carbonyl (C=O) groups excluding carboxylic acids is 1. The molecule has 0 atom stereocenters. The quantitative estimate of drug-likeness (QED) is 0.155. The van der Waals surface area contributed by atoms with E-state index in [1.165, 1.54) is 37.8 Å². The zero-order valence-corrected chi connectivity index (χ0v) is 19.5. The number of halogens is 3. The minimum Gasteiger partial charge on any atom is -0.359 e. The van der Waals surface area contributed by atoms with Crippen molar-refractivity contribution in [1.82, 2.24) is 10.5 Å². The number of aromatic nitrogens is 1. The molecule has 180 valence electrons. The Bertz CT molecular complexity index is 966. The topological polar surface area (TPSA) is 51.2 Å². The molecule has 33 heavy (non-hydrogen) atoms. The van der Waals surface area contributed by atoms with Gasteiger partial charge in [0.05, 0.1) is 11.1 Å². The van der Waals surface area contributed by atoms with Crippen LogP contribution in [0.25, 0.3) is 10.9 Å². The molecule has 0 spiro atoms. The second-order valence-electron chi connectivity index (χ2n) is 8.51. The van der Waals surface area contributed by atoms with Crippen molar-refractivity contribution in [3.05, 3.63) is 59.7 Å². The van der Waals surface area contributed by atoms with Crippen LogP contribution in [0, 0.1) is 5.92 Å². The van der Waals surface area contributed by atoms with Crippen LogP contribution in [0.2, 0.25) is 0 Å². The number of nitrogens with zero attached hydrogens (tertiary/aromatic N) is 1. The van der Waals surface area contributed by atoms with Crippen molar-refractivity contribution in [3.8, 4) is 5.88 Å². The molecule has 0 radical (unpaired) electrons. The third-order valence-electron chi connectivity index (χ3n) is 5.03. The van der Waals surface area contributed by atoms with Gasteiger partial charge in [-0.05, 0) is 49.4 Å². The highest BCUT2D eigenvalue weighted by atomic mass is 19.4. The first kappa shape index (κ1) is 26.4. The molecular weight excluding hydrogens is 429 g/mol. The summed E-state index contributed by atoms with van der Waals surface area (Å²) in [5.41, 5.74) is 2.59. The maximum absolute atomic E-state index is 13.0. The summed E-state index contributed by atoms with van der Waals surface area (Å²) >= 11 is 0. The molecule has 0 bridgehead atoms. The van der Waals surface area contributed by atoms with Gasteiger partial charge in [-0.3, -0.25) is 4.79 Å². The maximum Gasteiger partial charge on any atom is 0.416 e. The van der Waals surface area contributed by atoms with Crippen LogP contribution in [0.3, 0.4) is 0 Å². The summed E-state index contributed by atoms with van der Waals surface area (Å²) in [6.45, 7) is 6.16. The molecule has 0 aliphatic rings. The highest BCUT2D eigenvalue weighted by Gasteiger charge is 2.30. The number of hydrogen-bond donors (Lipinski definition) is 1. The summed E-state index contributed by atoms with van der Waals surface area (Å²) < 4.78 is 39.1. The Morgan fingerprint density at radius 2 is 1.88 bits per heavy atom. The molecule has 4 nitrogen and oxygen atoms in total. The molecule has 2 aromatic rings. The molecule has 1 heterocycles. The van der Waals surface area contributed by atoms with Crippen molar-refractivity contribution in [1.29, 1.82) is 0 Å². The number of allylic oxidation sites excluding steroid dienone is 3. The van der Waals surface area contributed by atoms with Crippen molar-refractivity contribution in [2.24, 2.45) is 5.92 Å². The Balaban J connectivity index is 2.00. The van der Waals surface area contributed by atoms with E-state index in [1.54, 1.807) is 12.1 Å². The molecule has 0 saturated carbocycles. The van der Waals surface area contributed by atoms with Gasteiger partial charge in [-0.1, -0.05) is 64.7 Å². The molecule has 0 fully saturated rings. The average Bonchev–Trinajstić information content (AvgIpc) is 2.75. The van der Waals surface area contributed by atoms with E-state index in [4.69, 9.17) is 4.84 Å². The van der Waals surface area contributed by atoms with E-state index < -0.39 is 17.6 Å². The summed E-state index contributed by atoms with van der Waals surface area (Å²) in [5, 5.41) is 0.374. The lowest BCUT2D eigenvalue weighted by molar-refractivity contribution is -0.137. The first-order valence-electron chi connectivity index (χ1n) is 11.5. The van der Waals surface area contributed by atoms with E-state index in [0.29, 0.717) is 22.9 Å².